The smallest absolute Gasteiger partial charge is 0.178 e. The molecule has 3 heterocycles. The van der Waals surface area contributed by atoms with E-state index in [-0.39, 0.29) is 11.7 Å². The molecule has 1 fully saturated rings. The van der Waals surface area contributed by atoms with Gasteiger partial charge in [-0.2, -0.15) is 4.52 Å². The molecule has 0 unspecified atom stereocenters. The normalized spacial score (nSPS) is 15.4. The van der Waals surface area contributed by atoms with Gasteiger partial charge in [0.05, 0.1) is 0 Å². The molecule has 0 saturated carbocycles. The summed E-state index contributed by atoms with van der Waals surface area (Å²) in [5.74, 6) is 1.89. The minimum atomic E-state index is -0.199. The Bertz CT molecular complexity index is 865. The molecule has 0 atom stereocenters. The molecule has 0 spiro atoms. The molecule has 0 bridgehead atoms. The van der Waals surface area contributed by atoms with E-state index in [0.717, 1.165) is 49.2 Å². The Hall–Kier alpha value is -2.70. The van der Waals surface area contributed by atoms with Crippen LogP contribution >= 0.6 is 0 Å². The van der Waals surface area contributed by atoms with Crippen LogP contribution < -0.4 is 9.80 Å². The third-order valence-corrected chi connectivity index (χ3v) is 4.58. The monoisotopic (exact) mass is 340 g/mol. The van der Waals surface area contributed by atoms with Crippen LogP contribution in [0.25, 0.3) is 5.65 Å². The van der Waals surface area contributed by atoms with Crippen LogP contribution in [-0.4, -0.2) is 46.0 Å². The molecule has 1 aromatic carbocycles. The highest BCUT2D eigenvalue weighted by atomic mass is 19.1. The summed E-state index contributed by atoms with van der Waals surface area (Å²) in [6.07, 6.45) is 0. The first kappa shape index (κ1) is 15.8. The van der Waals surface area contributed by atoms with Gasteiger partial charge in [0.2, 0.25) is 0 Å². The molecule has 0 radical (unpaired) electrons. The Morgan fingerprint density at radius 2 is 1.56 bits per heavy atom. The first-order chi connectivity index (χ1) is 12.1. The summed E-state index contributed by atoms with van der Waals surface area (Å²) in [6.45, 7) is 7.68. The minimum Gasteiger partial charge on any atom is -0.368 e. The number of hydrogen-bond acceptors (Lipinski definition) is 5. The largest absolute Gasteiger partial charge is 0.368 e. The quantitative estimate of drug-likeness (QED) is 0.734. The highest BCUT2D eigenvalue weighted by Gasteiger charge is 2.20. The molecule has 1 aliphatic heterocycles. The van der Waals surface area contributed by atoms with E-state index in [9.17, 15) is 4.39 Å². The van der Waals surface area contributed by atoms with Crippen LogP contribution in [0.15, 0.2) is 36.4 Å². The van der Waals surface area contributed by atoms with Crippen LogP contribution in [0.3, 0.4) is 0 Å². The maximum atomic E-state index is 13.1. The molecule has 3 aromatic rings. The first-order valence-electron chi connectivity index (χ1n) is 8.59. The van der Waals surface area contributed by atoms with E-state index in [1.165, 1.54) is 12.1 Å². The second-order valence-electron chi connectivity index (χ2n) is 6.62. The molecule has 25 heavy (non-hydrogen) atoms. The standard InChI is InChI=1S/C18H21FN6/c1-13(2)18-21-20-16-7-8-17(22-25(16)18)24-11-9-23(10-12-24)15-5-3-14(19)4-6-15/h3-8,13H,9-12H2,1-2H3. The zero-order valence-electron chi connectivity index (χ0n) is 14.4. The topological polar surface area (TPSA) is 49.6 Å². The van der Waals surface area contributed by atoms with Gasteiger partial charge in [0.15, 0.2) is 11.5 Å². The fourth-order valence-corrected chi connectivity index (χ4v) is 3.17. The van der Waals surface area contributed by atoms with Gasteiger partial charge in [-0.1, -0.05) is 13.8 Å². The molecule has 0 amide bonds. The van der Waals surface area contributed by atoms with Crippen LogP contribution in [0, 0.1) is 5.82 Å². The van der Waals surface area contributed by atoms with Crippen molar-refractivity contribution in [2.75, 3.05) is 36.0 Å². The van der Waals surface area contributed by atoms with Gasteiger partial charge in [-0.15, -0.1) is 15.3 Å². The maximum Gasteiger partial charge on any atom is 0.178 e. The SMILES string of the molecule is CC(C)c1nnc2ccc(N3CCN(c4ccc(F)cc4)CC3)nn12. The molecule has 4 rings (SSSR count). The van der Waals surface area contributed by atoms with Gasteiger partial charge in [-0.05, 0) is 36.4 Å². The van der Waals surface area contributed by atoms with E-state index in [2.05, 4.69) is 33.8 Å². The van der Waals surface area contributed by atoms with Crippen LogP contribution in [-0.2, 0) is 0 Å². The molecule has 7 heteroatoms. The number of nitrogens with zero attached hydrogens (tertiary/aromatic N) is 6. The zero-order valence-corrected chi connectivity index (χ0v) is 14.4. The van der Waals surface area contributed by atoms with Crippen LogP contribution in [0.5, 0.6) is 0 Å². The van der Waals surface area contributed by atoms with E-state index in [1.54, 1.807) is 0 Å². The van der Waals surface area contributed by atoms with E-state index >= 15 is 0 Å². The Balaban J connectivity index is 1.51. The Morgan fingerprint density at radius 1 is 0.880 bits per heavy atom. The van der Waals surface area contributed by atoms with Crippen molar-refractivity contribution in [3.8, 4) is 0 Å². The predicted octanol–water partition coefficient (Wildman–Crippen LogP) is 2.71. The molecule has 130 valence electrons. The summed E-state index contributed by atoms with van der Waals surface area (Å²) in [6, 6.07) is 10.7. The molecular formula is C18H21FN6. The number of hydrogen-bond donors (Lipinski definition) is 0. The van der Waals surface area contributed by atoms with Crippen molar-refractivity contribution < 1.29 is 4.39 Å². The zero-order chi connectivity index (χ0) is 17.4. The van der Waals surface area contributed by atoms with Gasteiger partial charge < -0.3 is 9.80 Å². The Kier molecular flexibility index (Phi) is 3.99. The summed E-state index contributed by atoms with van der Waals surface area (Å²) in [7, 11) is 0. The van der Waals surface area contributed by atoms with Crippen molar-refractivity contribution in [1.29, 1.82) is 0 Å². The highest BCUT2D eigenvalue weighted by Crippen LogP contribution is 2.21. The third-order valence-electron chi connectivity index (χ3n) is 4.58. The number of rotatable bonds is 3. The minimum absolute atomic E-state index is 0.199. The Labute approximate surface area is 145 Å². The van der Waals surface area contributed by atoms with Gasteiger partial charge in [0, 0.05) is 37.8 Å². The van der Waals surface area contributed by atoms with Crippen LogP contribution in [0.4, 0.5) is 15.9 Å². The molecule has 0 N–H and O–H groups in total. The number of piperazine rings is 1. The van der Waals surface area contributed by atoms with E-state index in [4.69, 9.17) is 5.10 Å². The maximum absolute atomic E-state index is 13.1. The summed E-state index contributed by atoms with van der Waals surface area (Å²) >= 11 is 0. The Morgan fingerprint density at radius 3 is 2.24 bits per heavy atom. The van der Waals surface area contributed by atoms with Crippen LogP contribution in [0.1, 0.15) is 25.6 Å². The summed E-state index contributed by atoms with van der Waals surface area (Å²) < 4.78 is 14.9. The van der Waals surface area contributed by atoms with Crippen LogP contribution in [0.2, 0.25) is 0 Å². The third kappa shape index (κ3) is 3.01. The predicted molar refractivity (Wildman–Crippen MR) is 95.7 cm³/mol. The van der Waals surface area contributed by atoms with Crippen molar-refractivity contribution in [2.24, 2.45) is 0 Å². The first-order valence-corrected chi connectivity index (χ1v) is 8.59. The van der Waals surface area contributed by atoms with Gasteiger partial charge in [0.1, 0.15) is 11.6 Å². The van der Waals surface area contributed by atoms with E-state index < -0.39 is 0 Å². The molecule has 1 aliphatic rings. The summed E-state index contributed by atoms with van der Waals surface area (Å²) in [5, 5.41) is 13.1. The van der Waals surface area contributed by atoms with E-state index in [1.807, 2.05) is 28.8 Å². The lowest BCUT2D eigenvalue weighted by molar-refractivity contribution is 0.622. The average molecular weight is 340 g/mol. The lowest BCUT2D eigenvalue weighted by Gasteiger charge is -2.36. The van der Waals surface area contributed by atoms with Crippen molar-refractivity contribution in [3.63, 3.8) is 0 Å². The second kappa shape index (κ2) is 6.31. The van der Waals surface area contributed by atoms with Gasteiger partial charge in [-0.25, -0.2) is 4.39 Å². The lowest BCUT2D eigenvalue weighted by atomic mass is 10.2. The fraction of sp³-hybridized carbons (Fsp3) is 0.389. The molecule has 2 aromatic heterocycles. The van der Waals surface area contributed by atoms with Gasteiger partial charge in [0.25, 0.3) is 0 Å². The number of fused-ring (bicyclic) bond motifs is 1. The average Bonchev–Trinajstić information content (AvgIpc) is 3.06. The molecular weight excluding hydrogens is 319 g/mol. The van der Waals surface area contributed by atoms with Crippen molar-refractivity contribution >= 4 is 17.2 Å². The highest BCUT2D eigenvalue weighted by molar-refractivity contribution is 5.50. The number of benzene rings is 1. The van der Waals surface area contributed by atoms with Crippen molar-refractivity contribution in [3.05, 3.63) is 48.0 Å². The number of anilines is 2. The van der Waals surface area contributed by atoms with Gasteiger partial charge in [-0.3, -0.25) is 0 Å². The van der Waals surface area contributed by atoms with E-state index in [0.29, 0.717) is 0 Å². The van der Waals surface area contributed by atoms with Crippen molar-refractivity contribution in [2.45, 2.75) is 19.8 Å². The molecule has 1 saturated heterocycles. The molecule has 0 aliphatic carbocycles. The lowest BCUT2D eigenvalue weighted by Crippen LogP contribution is -2.47. The summed E-state index contributed by atoms with van der Waals surface area (Å²) in [4.78, 5) is 4.54. The van der Waals surface area contributed by atoms with Gasteiger partial charge >= 0.3 is 0 Å². The number of halogens is 1. The second-order valence-corrected chi connectivity index (χ2v) is 6.62. The number of aromatic nitrogens is 4. The van der Waals surface area contributed by atoms with Crippen molar-refractivity contribution in [1.82, 2.24) is 19.8 Å². The fourth-order valence-electron chi connectivity index (χ4n) is 3.17. The summed E-state index contributed by atoms with van der Waals surface area (Å²) in [5.41, 5.74) is 1.84. The molecule has 6 nitrogen and oxygen atoms in total.